The van der Waals surface area contributed by atoms with E-state index in [2.05, 4.69) is 10.2 Å². The van der Waals surface area contributed by atoms with Crippen molar-refractivity contribution in [2.45, 2.75) is 26.8 Å². The molecule has 2 aromatic rings. The molecule has 2 rings (SSSR count). The summed E-state index contributed by atoms with van der Waals surface area (Å²) >= 11 is 12.4. The molecule has 0 saturated heterocycles. The molecule has 0 N–H and O–H groups in total. The monoisotopic (exact) mass is 497 g/mol. The van der Waals surface area contributed by atoms with Crippen LogP contribution in [0.15, 0.2) is 40.6 Å². The van der Waals surface area contributed by atoms with Crippen LogP contribution < -0.4 is 23.4 Å². The molecule has 0 fully saturated rings. The van der Waals surface area contributed by atoms with Crippen LogP contribution in [0.1, 0.15) is 20.8 Å². The van der Waals surface area contributed by atoms with Gasteiger partial charge in [0.1, 0.15) is 17.2 Å². The number of anilines is 1. The molecule has 11 heteroatoms. The smallest absolute Gasteiger partial charge is 0.276 e. The summed E-state index contributed by atoms with van der Waals surface area (Å²) in [4.78, 5) is 25.3. The van der Waals surface area contributed by atoms with Crippen LogP contribution in [0.25, 0.3) is 0 Å². The van der Waals surface area contributed by atoms with Gasteiger partial charge in [0, 0.05) is 41.1 Å². The van der Waals surface area contributed by atoms with E-state index in [0.717, 1.165) is 4.42 Å². The number of carbonyl (C=O) groups excluding carboxylic acids is 2. The molecule has 0 aliphatic heterocycles. The maximum atomic E-state index is 13.0. The average Bonchev–Trinajstić information content (AvgIpc) is 2.78. The first kappa shape index (κ1) is 26.2. The van der Waals surface area contributed by atoms with Crippen molar-refractivity contribution in [2.75, 3.05) is 31.9 Å². The van der Waals surface area contributed by atoms with E-state index in [1.165, 1.54) is 33.3 Å². The molecule has 0 heterocycles. The molecule has 178 valence electrons. The zero-order chi connectivity index (χ0) is 24.5. The van der Waals surface area contributed by atoms with Gasteiger partial charge in [-0.2, -0.15) is 10.2 Å². The molecular weight excluding hydrogens is 473 g/mol. The molecule has 9 nitrogen and oxygen atoms in total. The largest absolute Gasteiger partial charge is 0.494 e. The van der Waals surface area contributed by atoms with Crippen molar-refractivity contribution in [2.24, 2.45) is 10.2 Å². The molecule has 1 unspecified atom stereocenters. The fraction of sp³-hybridized carbons (Fsp3) is 0.364. The molecule has 1 amide bonds. The summed E-state index contributed by atoms with van der Waals surface area (Å²) in [5, 5.41) is 8.25. The van der Waals surface area contributed by atoms with E-state index in [4.69, 9.17) is 42.3 Å². The predicted molar refractivity (Wildman–Crippen MR) is 126 cm³/mol. The Kier molecular flexibility index (Phi) is 9.74. The minimum atomic E-state index is -1.51. The number of azo groups is 1. The lowest BCUT2D eigenvalue weighted by molar-refractivity contribution is -0.126. The number of Topliss-reactive ketones (excluding diaryl/α,β-unsaturated/α-hetero) is 1. The van der Waals surface area contributed by atoms with Crippen LogP contribution in [-0.2, 0) is 9.59 Å². The second-order valence-corrected chi connectivity index (χ2v) is 7.31. The lowest BCUT2D eigenvalue weighted by Gasteiger charge is -2.19. The van der Waals surface area contributed by atoms with E-state index in [-0.39, 0.29) is 17.1 Å². The quantitative estimate of drug-likeness (QED) is 0.234. The Balaban J connectivity index is 2.40. The Labute approximate surface area is 202 Å². The van der Waals surface area contributed by atoms with Crippen molar-refractivity contribution in [1.82, 2.24) is 0 Å². The van der Waals surface area contributed by atoms with Crippen LogP contribution in [-0.4, -0.2) is 45.2 Å². The van der Waals surface area contributed by atoms with Crippen molar-refractivity contribution in [1.29, 1.82) is 0 Å². The van der Waals surface area contributed by atoms with Gasteiger partial charge in [0.05, 0.1) is 33.1 Å². The predicted octanol–water partition coefficient (Wildman–Crippen LogP) is 5.38. The van der Waals surface area contributed by atoms with E-state index in [9.17, 15) is 9.59 Å². The van der Waals surface area contributed by atoms with E-state index in [1.807, 2.05) is 13.8 Å². The lowest BCUT2D eigenvalue weighted by Crippen LogP contribution is -2.36. The topological polar surface area (TPSA) is 99.0 Å². The lowest BCUT2D eigenvalue weighted by atomic mass is 10.2. The maximum absolute atomic E-state index is 13.0. The normalized spacial score (nSPS) is 11.7. The second kappa shape index (κ2) is 12.3. The van der Waals surface area contributed by atoms with Crippen molar-refractivity contribution in [3.8, 4) is 23.0 Å². The molecule has 0 spiro atoms. The molecule has 2 aromatic carbocycles. The van der Waals surface area contributed by atoms with E-state index < -0.39 is 17.7 Å². The molecule has 0 aliphatic rings. The molecule has 0 saturated carbocycles. The summed E-state index contributed by atoms with van der Waals surface area (Å²) in [7, 11) is 2.86. The third-order valence-electron chi connectivity index (χ3n) is 4.23. The number of halogens is 2. The number of carbonyl (C=O) groups is 2. The zero-order valence-corrected chi connectivity index (χ0v) is 20.4. The highest BCUT2D eigenvalue weighted by Gasteiger charge is 2.29. The first-order chi connectivity index (χ1) is 15.7. The van der Waals surface area contributed by atoms with E-state index in [1.54, 1.807) is 18.2 Å². The van der Waals surface area contributed by atoms with Crippen LogP contribution in [0.5, 0.6) is 23.0 Å². The van der Waals surface area contributed by atoms with Crippen LogP contribution in [0, 0.1) is 0 Å². The highest BCUT2D eigenvalue weighted by Crippen LogP contribution is 2.40. The Morgan fingerprint density at radius 3 is 2.09 bits per heavy atom. The number of ketones is 1. The van der Waals surface area contributed by atoms with Crippen molar-refractivity contribution < 1.29 is 28.5 Å². The molecule has 0 aliphatic carbocycles. The summed E-state index contributed by atoms with van der Waals surface area (Å²) in [6.45, 7) is 5.66. The molecule has 0 aromatic heterocycles. The van der Waals surface area contributed by atoms with Crippen LogP contribution in [0.4, 0.5) is 11.4 Å². The summed E-state index contributed by atoms with van der Waals surface area (Å²) in [5.41, 5.74) is 0.429. The highest BCUT2D eigenvalue weighted by molar-refractivity contribution is 6.39. The van der Waals surface area contributed by atoms with Crippen molar-refractivity contribution in [3.63, 3.8) is 0 Å². The van der Waals surface area contributed by atoms with Gasteiger partial charge in [-0.05, 0) is 26.8 Å². The number of benzene rings is 2. The first-order valence-electron chi connectivity index (χ1n) is 9.98. The summed E-state index contributed by atoms with van der Waals surface area (Å²) in [5.74, 6) is 0.0985. The van der Waals surface area contributed by atoms with E-state index in [0.29, 0.717) is 35.5 Å². The maximum Gasteiger partial charge on any atom is 0.276 e. The molecule has 33 heavy (non-hydrogen) atoms. The number of amides is 1. The number of hydrogen-bond donors (Lipinski definition) is 0. The van der Waals surface area contributed by atoms with Gasteiger partial charge >= 0.3 is 0 Å². The van der Waals surface area contributed by atoms with Gasteiger partial charge in [0.2, 0.25) is 6.04 Å². The molecule has 0 radical (unpaired) electrons. The van der Waals surface area contributed by atoms with Crippen molar-refractivity contribution in [3.05, 3.63) is 35.4 Å². The van der Waals surface area contributed by atoms with Crippen LogP contribution in [0.3, 0.4) is 0 Å². The Morgan fingerprint density at radius 2 is 1.61 bits per heavy atom. The minimum absolute atomic E-state index is 0.180. The van der Waals surface area contributed by atoms with Gasteiger partial charge in [-0.25, -0.2) is 4.42 Å². The fourth-order valence-electron chi connectivity index (χ4n) is 2.82. The number of hydrogen-bond acceptors (Lipinski definition) is 8. The van der Waals surface area contributed by atoms with Gasteiger partial charge in [0.15, 0.2) is 17.3 Å². The van der Waals surface area contributed by atoms with Gasteiger partial charge in [-0.3, -0.25) is 9.59 Å². The van der Waals surface area contributed by atoms with Gasteiger partial charge in [-0.15, -0.1) is 0 Å². The third-order valence-corrected chi connectivity index (χ3v) is 4.81. The second-order valence-electron chi connectivity index (χ2n) is 6.54. The Morgan fingerprint density at radius 1 is 1.00 bits per heavy atom. The summed E-state index contributed by atoms with van der Waals surface area (Å²) < 4.78 is 22.3. The minimum Gasteiger partial charge on any atom is -0.494 e. The first-order valence-corrected chi connectivity index (χ1v) is 10.7. The van der Waals surface area contributed by atoms with Gasteiger partial charge in [0.25, 0.3) is 5.91 Å². The number of methoxy groups -OCH3 is 2. The summed E-state index contributed by atoms with van der Waals surface area (Å²) in [6.07, 6.45) is 0. The third kappa shape index (κ3) is 6.72. The fourth-order valence-corrected chi connectivity index (χ4v) is 3.21. The number of ether oxygens (including phenoxy) is 4. The van der Waals surface area contributed by atoms with Crippen LogP contribution in [0.2, 0.25) is 5.02 Å². The van der Waals surface area contributed by atoms with Crippen LogP contribution >= 0.6 is 23.4 Å². The molecule has 0 bridgehead atoms. The molecule has 1 atom stereocenters. The zero-order valence-electron chi connectivity index (χ0n) is 18.9. The van der Waals surface area contributed by atoms with E-state index >= 15 is 0 Å². The average molecular weight is 498 g/mol. The SMILES string of the molecule is CCOc1cc(OCC)cc(N(Cl)C(=O)C(N=Nc2cc(Cl)cc(OC)c2OC)C(C)=O)c1. The van der Waals surface area contributed by atoms with Gasteiger partial charge in [-0.1, -0.05) is 11.6 Å². The highest BCUT2D eigenvalue weighted by atomic mass is 35.5. The standard InChI is InChI=1S/C22H25Cl2N3O6/c1-6-32-16-10-15(11-17(12-16)33-7-2)27(24)22(29)20(13(3)28)26-25-18-8-14(23)9-19(30-4)21(18)31-5/h8-12,20H,6-7H2,1-5H3. The van der Waals surface area contributed by atoms with Crippen molar-refractivity contribution >= 4 is 46.4 Å². The number of nitrogens with zero attached hydrogens (tertiary/aromatic N) is 3. The summed E-state index contributed by atoms with van der Waals surface area (Å²) in [6, 6.07) is 6.27. The molecular formula is C22H25Cl2N3O6. The van der Waals surface area contributed by atoms with Gasteiger partial charge < -0.3 is 18.9 Å². The Bertz CT molecular complexity index is 1010. The number of rotatable bonds is 11. The Hall–Kier alpha value is -3.04.